The SMILES string of the molecule is COc1ccc(CNC(=O)C[C@H]2CSc3nc4c(cnn4-c4ccccc4)c(=O)n32)cc1. The Bertz CT molecular complexity index is 1330. The number of carbonyl (C=O) groups excluding carboxylic acids is 1. The number of amides is 1. The van der Waals surface area contributed by atoms with Crippen LogP contribution in [0, 0.1) is 0 Å². The smallest absolute Gasteiger partial charge is 0.265 e. The van der Waals surface area contributed by atoms with Gasteiger partial charge in [0.05, 0.1) is 25.0 Å². The Morgan fingerprint density at radius 2 is 1.97 bits per heavy atom. The average Bonchev–Trinajstić information content (AvgIpc) is 3.43. The molecular formula is C23H21N5O3S. The minimum Gasteiger partial charge on any atom is -0.497 e. The maximum absolute atomic E-state index is 13.2. The van der Waals surface area contributed by atoms with Crippen molar-refractivity contribution < 1.29 is 9.53 Å². The summed E-state index contributed by atoms with van der Waals surface area (Å²) in [7, 11) is 1.62. The van der Waals surface area contributed by atoms with Crippen LogP contribution in [0.2, 0.25) is 0 Å². The average molecular weight is 448 g/mol. The van der Waals surface area contributed by atoms with Crippen LogP contribution in [-0.4, -0.2) is 38.1 Å². The molecule has 9 heteroatoms. The second-order valence-electron chi connectivity index (χ2n) is 7.49. The van der Waals surface area contributed by atoms with E-state index in [1.54, 1.807) is 22.6 Å². The Morgan fingerprint density at radius 1 is 1.19 bits per heavy atom. The fourth-order valence-electron chi connectivity index (χ4n) is 3.77. The summed E-state index contributed by atoms with van der Waals surface area (Å²) in [6.45, 7) is 0.422. The van der Waals surface area contributed by atoms with Gasteiger partial charge in [-0.05, 0) is 29.8 Å². The number of nitrogens with zero attached hydrogens (tertiary/aromatic N) is 4. The summed E-state index contributed by atoms with van der Waals surface area (Å²) in [4.78, 5) is 30.5. The van der Waals surface area contributed by atoms with Crippen molar-refractivity contribution in [2.75, 3.05) is 12.9 Å². The highest BCUT2D eigenvalue weighted by atomic mass is 32.2. The normalized spacial score (nSPS) is 15.0. The van der Waals surface area contributed by atoms with Crippen molar-refractivity contribution in [2.24, 2.45) is 0 Å². The predicted molar refractivity (Wildman–Crippen MR) is 122 cm³/mol. The summed E-state index contributed by atoms with van der Waals surface area (Å²) in [6, 6.07) is 16.9. The Kier molecular flexibility index (Phi) is 5.40. The van der Waals surface area contributed by atoms with Crippen molar-refractivity contribution in [1.29, 1.82) is 0 Å². The van der Waals surface area contributed by atoms with Gasteiger partial charge in [0.2, 0.25) is 5.91 Å². The second-order valence-corrected chi connectivity index (χ2v) is 8.48. The molecule has 3 heterocycles. The molecule has 5 rings (SSSR count). The van der Waals surface area contributed by atoms with Crippen molar-refractivity contribution in [3.05, 3.63) is 76.7 Å². The van der Waals surface area contributed by atoms with Crippen LogP contribution < -0.4 is 15.6 Å². The highest BCUT2D eigenvalue weighted by Gasteiger charge is 2.29. The minimum atomic E-state index is -0.240. The second kappa shape index (κ2) is 8.51. The molecule has 2 aromatic carbocycles. The molecule has 1 atom stereocenters. The lowest BCUT2D eigenvalue weighted by atomic mass is 10.2. The minimum absolute atomic E-state index is 0.105. The van der Waals surface area contributed by atoms with E-state index in [1.165, 1.54) is 11.8 Å². The van der Waals surface area contributed by atoms with Gasteiger partial charge in [-0.1, -0.05) is 42.1 Å². The third-order valence-electron chi connectivity index (χ3n) is 5.44. The third kappa shape index (κ3) is 3.75. The van der Waals surface area contributed by atoms with E-state index in [2.05, 4.69) is 10.4 Å². The molecule has 0 fully saturated rings. The van der Waals surface area contributed by atoms with Crippen molar-refractivity contribution in [3.63, 3.8) is 0 Å². The topological polar surface area (TPSA) is 91.0 Å². The standard InChI is InChI=1S/C23H21N5O3S/c1-31-18-9-7-15(8-10-18)12-24-20(29)11-17-14-32-23-26-21-19(22(30)27(17)23)13-25-28(21)16-5-3-2-4-6-16/h2-10,13,17H,11-12,14H2,1H3,(H,24,29)/t17-/m0/s1. The highest BCUT2D eigenvalue weighted by Crippen LogP contribution is 2.33. The monoisotopic (exact) mass is 447 g/mol. The van der Waals surface area contributed by atoms with Crippen LogP contribution in [0.15, 0.2) is 70.7 Å². The van der Waals surface area contributed by atoms with E-state index < -0.39 is 0 Å². The maximum atomic E-state index is 13.2. The number of fused-ring (bicyclic) bond motifs is 2. The Balaban J connectivity index is 1.34. The molecule has 0 bridgehead atoms. The van der Waals surface area contributed by atoms with E-state index in [9.17, 15) is 9.59 Å². The zero-order chi connectivity index (χ0) is 22.1. The summed E-state index contributed by atoms with van der Waals surface area (Å²) in [5, 5.41) is 8.37. The van der Waals surface area contributed by atoms with Crippen molar-refractivity contribution in [2.45, 2.75) is 24.2 Å². The van der Waals surface area contributed by atoms with E-state index >= 15 is 0 Å². The number of nitrogens with one attached hydrogen (secondary N) is 1. The molecule has 1 amide bonds. The summed E-state index contributed by atoms with van der Waals surface area (Å²) in [5.41, 5.74) is 2.20. The Hall–Kier alpha value is -3.59. The zero-order valence-corrected chi connectivity index (χ0v) is 18.2. The van der Waals surface area contributed by atoms with Gasteiger partial charge in [-0.2, -0.15) is 5.10 Å². The molecule has 1 aliphatic rings. The van der Waals surface area contributed by atoms with Gasteiger partial charge >= 0.3 is 0 Å². The highest BCUT2D eigenvalue weighted by molar-refractivity contribution is 7.99. The lowest BCUT2D eigenvalue weighted by Crippen LogP contribution is -2.30. The largest absolute Gasteiger partial charge is 0.497 e. The number of carbonyl (C=O) groups is 1. The lowest BCUT2D eigenvalue weighted by molar-refractivity contribution is -0.121. The number of hydrogen-bond acceptors (Lipinski definition) is 6. The summed E-state index contributed by atoms with van der Waals surface area (Å²) in [5.74, 6) is 1.29. The molecule has 32 heavy (non-hydrogen) atoms. The fourth-order valence-corrected chi connectivity index (χ4v) is 4.90. The van der Waals surface area contributed by atoms with Crippen LogP contribution in [0.4, 0.5) is 0 Å². The molecular weight excluding hydrogens is 426 g/mol. The number of benzene rings is 2. The first-order chi connectivity index (χ1) is 15.6. The van der Waals surface area contributed by atoms with Crippen LogP contribution in [0.1, 0.15) is 18.0 Å². The summed E-state index contributed by atoms with van der Waals surface area (Å²) >= 11 is 1.49. The third-order valence-corrected chi connectivity index (χ3v) is 6.54. The van der Waals surface area contributed by atoms with E-state index in [0.717, 1.165) is 17.0 Å². The number of rotatable bonds is 6. The Labute approximate surface area is 188 Å². The molecule has 0 spiro atoms. The van der Waals surface area contributed by atoms with Crippen molar-refractivity contribution >= 4 is 28.7 Å². The number of thioether (sulfide) groups is 1. The van der Waals surface area contributed by atoms with Gasteiger partial charge in [-0.15, -0.1) is 0 Å². The van der Waals surface area contributed by atoms with Crippen LogP contribution in [0.5, 0.6) is 5.75 Å². The molecule has 8 nitrogen and oxygen atoms in total. The van der Waals surface area contributed by atoms with Gasteiger partial charge < -0.3 is 10.1 Å². The molecule has 0 saturated carbocycles. The van der Waals surface area contributed by atoms with Crippen LogP contribution in [0.3, 0.4) is 0 Å². The fraction of sp³-hybridized carbons (Fsp3) is 0.217. The number of hydrogen-bond donors (Lipinski definition) is 1. The molecule has 2 aromatic heterocycles. The Morgan fingerprint density at radius 3 is 2.72 bits per heavy atom. The number of aromatic nitrogens is 4. The quantitative estimate of drug-likeness (QED) is 0.457. The molecule has 0 unspecified atom stereocenters. The first kappa shape index (κ1) is 20.3. The van der Waals surface area contributed by atoms with Gasteiger partial charge in [0.1, 0.15) is 11.1 Å². The van der Waals surface area contributed by atoms with Crippen LogP contribution in [0.25, 0.3) is 16.7 Å². The van der Waals surface area contributed by atoms with E-state index in [1.807, 2.05) is 54.6 Å². The number of methoxy groups -OCH3 is 1. The van der Waals surface area contributed by atoms with Gasteiger partial charge in [-0.3, -0.25) is 14.2 Å². The number of para-hydroxylation sites is 1. The zero-order valence-electron chi connectivity index (χ0n) is 17.4. The number of ether oxygens (including phenoxy) is 1. The maximum Gasteiger partial charge on any atom is 0.265 e. The molecule has 162 valence electrons. The van der Waals surface area contributed by atoms with Gasteiger partial charge in [0, 0.05) is 18.7 Å². The predicted octanol–water partition coefficient (Wildman–Crippen LogP) is 2.94. The van der Waals surface area contributed by atoms with Crippen molar-refractivity contribution in [3.8, 4) is 11.4 Å². The molecule has 1 aliphatic heterocycles. The summed E-state index contributed by atoms with van der Waals surface area (Å²) in [6.07, 6.45) is 1.77. The molecule has 0 aliphatic carbocycles. The molecule has 0 radical (unpaired) electrons. The lowest BCUT2D eigenvalue weighted by Gasteiger charge is -2.13. The first-order valence-electron chi connectivity index (χ1n) is 10.2. The summed E-state index contributed by atoms with van der Waals surface area (Å²) < 4.78 is 8.46. The van der Waals surface area contributed by atoms with Gasteiger partial charge in [0.25, 0.3) is 5.56 Å². The van der Waals surface area contributed by atoms with E-state index in [0.29, 0.717) is 28.5 Å². The molecule has 4 aromatic rings. The molecule has 1 N–H and O–H groups in total. The van der Waals surface area contributed by atoms with E-state index in [-0.39, 0.29) is 23.9 Å². The van der Waals surface area contributed by atoms with Crippen LogP contribution >= 0.6 is 11.8 Å². The first-order valence-corrected chi connectivity index (χ1v) is 11.2. The van der Waals surface area contributed by atoms with Gasteiger partial charge in [-0.25, -0.2) is 9.67 Å². The van der Waals surface area contributed by atoms with Crippen molar-refractivity contribution in [1.82, 2.24) is 24.6 Å². The van der Waals surface area contributed by atoms with E-state index in [4.69, 9.17) is 9.72 Å². The molecule has 0 saturated heterocycles. The van der Waals surface area contributed by atoms with Crippen LogP contribution in [-0.2, 0) is 11.3 Å². The van der Waals surface area contributed by atoms with Gasteiger partial charge in [0.15, 0.2) is 10.8 Å².